The number of ether oxygens (including phenoxy) is 2. The van der Waals surface area contributed by atoms with E-state index in [1.807, 2.05) is 0 Å². The summed E-state index contributed by atoms with van der Waals surface area (Å²) in [5, 5.41) is 5.69. The lowest BCUT2D eigenvalue weighted by atomic mass is 10.2. The average molecular weight is 344 g/mol. The molecule has 0 fully saturated rings. The van der Waals surface area contributed by atoms with Gasteiger partial charge < -0.3 is 20.1 Å². The van der Waals surface area contributed by atoms with Crippen LogP contribution in [-0.4, -0.2) is 49.2 Å². The number of carbonyl (C=O) groups excluding carboxylic acids is 2. The standard InChI is InChI=1S/C17H20N4O4/c1-24-11-5-9-18-15(22)14-8-10-19-17(21-14)20-13-7-4-3-6-12(13)16(23)25-2/h3-4,6-8,10H,5,9,11H2,1-2H3,(H,18,22)(H,19,20,21). The van der Waals surface area contributed by atoms with Crippen molar-refractivity contribution in [3.05, 3.63) is 47.8 Å². The summed E-state index contributed by atoms with van der Waals surface area (Å²) >= 11 is 0. The summed E-state index contributed by atoms with van der Waals surface area (Å²) in [6.07, 6.45) is 2.19. The van der Waals surface area contributed by atoms with Gasteiger partial charge in [0.1, 0.15) is 5.69 Å². The summed E-state index contributed by atoms with van der Waals surface area (Å²) in [7, 11) is 2.92. The Bertz CT molecular complexity index is 736. The maximum Gasteiger partial charge on any atom is 0.339 e. The zero-order chi connectivity index (χ0) is 18.1. The van der Waals surface area contributed by atoms with Gasteiger partial charge in [0.05, 0.1) is 18.4 Å². The van der Waals surface area contributed by atoms with E-state index < -0.39 is 5.97 Å². The SMILES string of the molecule is COCCCNC(=O)c1ccnc(Nc2ccccc2C(=O)OC)n1. The van der Waals surface area contributed by atoms with Gasteiger partial charge in [-0.25, -0.2) is 14.8 Å². The van der Waals surface area contributed by atoms with Crippen LogP contribution in [0, 0.1) is 0 Å². The molecule has 1 amide bonds. The summed E-state index contributed by atoms with van der Waals surface area (Å²) in [5.74, 6) is -0.571. The van der Waals surface area contributed by atoms with Gasteiger partial charge in [-0.1, -0.05) is 12.1 Å². The van der Waals surface area contributed by atoms with E-state index in [1.54, 1.807) is 31.4 Å². The first-order chi connectivity index (χ1) is 12.2. The second kappa shape index (κ2) is 9.33. The van der Waals surface area contributed by atoms with E-state index in [1.165, 1.54) is 19.4 Å². The Morgan fingerprint density at radius 3 is 2.72 bits per heavy atom. The first kappa shape index (κ1) is 18.3. The highest BCUT2D eigenvalue weighted by molar-refractivity contribution is 5.96. The smallest absolute Gasteiger partial charge is 0.339 e. The van der Waals surface area contributed by atoms with E-state index in [9.17, 15) is 9.59 Å². The molecule has 2 rings (SSSR count). The normalized spacial score (nSPS) is 10.2. The minimum Gasteiger partial charge on any atom is -0.465 e. The molecule has 2 aromatic rings. The van der Waals surface area contributed by atoms with E-state index in [-0.39, 0.29) is 17.5 Å². The Labute approximate surface area is 145 Å². The van der Waals surface area contributed by atoms with Gasteiger partial charge in [-0.15, -0.1) is 0 Å². The van der Waals surface area contributed by atoms with Gasteiger partial charge in [0.25, 0.3) is 5.91 Å². The Hall–Kier alpha value is -3.00. The van der Waals surface area contributed by atoms with Gasteiger partial charge in [0, 0.05) is 26.5 Å². The molecule has 0 spiro atoms. The van der Waals surface area contributed by atoms with Crippen molar-refractivity contribution in [2.24, 2.45) is 0 Å². The van der Waals surface area contributed by atoms with Crippen molar-refractivity contribution in [2.75, 3.05) is 32.7 Å². The number of methoxy groups -OCH3 is 2. The molecule has 0 aliphatic rings. The highest BCUT2D eigenvalue weighted by Crippen LogP contribution is 2.19. The van der Waals surface area contributed by atoms with Crippen molar-refractivity contribution in [3.8, 4) is 0 Å². The van der Waals surface area contributed by atoms with Crippen molar-refractivity contribution in [2.45, 2.75) is 6.42 Å². The van der Waals surface area contributed by atoms with Crippen molar-refractivity contribution in [1.29, 1.82) is 0 Å². The zero-order valence-corrected chi connectivity index (χ0v) is 14.1. The monoisotopic (exact) mass is 344 g/mol. The molecule has 25 heavy (non-hydrogen) atoms. The Kier molecular flexibility index (Phi) is 6.85. The zero-order valence-electron chi connectivity index (χ0n) is 14.1. The van der Waals surface area contributed by atoms with Crippen LogP contribution < -0.4 is 10.6 Å². The molecular weight excluding hydrogens is 324 g/mol. The minimum atomic E-state index is -0.477. The van der Waals surface area contributed by atoms with E-state index >= 15 is 0 Å². The molecule has 8 nitrogen and oxygen atoms in total. The van der Waals surface area contributed by atoms with Crippen LogP contribution in [0.1, 0.15) is 27.3 Å². The maximum atomic E-state index is 12.1. The fourth-order valence-electron chi connectivity index (χ4n) is 2.05. The number of amides is 1. The number of rotatable bonds is 8. The second-order valence-corrected chi connectivity index (χ2v) is 5.03. The molecule has 132 valence electrons. The van der Waals surface area contributed by atoms with Crippen LogP contribution in [0.4, 0.5) is 11.6 Å². The van der Waals surface area contributed by atoms with E-state index in [4.69, 9.17) is 9.47 Å². The predicted octanol–water partition coefficient (Wildman–Crippen LogP) is 1.77. The average Bonchev–Trinajstić information content (AvgIpc) is 2.65. The van der Waals surface area contributed by atoms with Crippen LogP contribution in [-0.2, 0) is 9.47 Å². The molecule has 2 N–H and O–H groups in total. The van der Waals surface area contributed by atoms with Crippen LogP contribution in [0.15, 0.2) is 36.5 Å². The van der Waals surface area contributed by atoms with Gasteiger partial charge in [0.2, 0.25) is 5.95 Å². The summed E-state index contributed by atoms with van der Waals surface area (Å²) in [4.78, 5) is 32.1. The highest BCUT2D eigenvalue weighted by Gasteiger charge is 2.13. The van der Waals surface area contributed by atoms with Gasteiger partial charge in [0.15, 0.2) is 0 Å². The summed E-state index contributed by atoms with van der Waals surface area (Å²) < 4.78 is 9.68. The second-order valence-electron chi connectivity index (χ2n) is 5.03. The Morgan fingerprint density at radius 2 is 1.96 bits per heavy atom. The molecule has 0 aliphatic carbocycles. The number of hydrogen-bond acceptors (Lipinski definition) is 7. The Balaban J connectivity index is 2.09. The van der Waals surface area contributed by atoms with Crippen LogP contribution in [0.2, 0.25) is 0 Å². The number of nitrogens with zero attached hydrogens (tertiary/aromatic N) is 2. The van der Waals surface area contributed by atoms with Crippen LogP contribution in [0.3, 0.4) is 0 Å². The minimum absolute atomic E-state index is 0.209. The first-order valence-corrected chi connectivity index (χ1v) is 7.70. The largest absolute Gasteiger partial charge is 0.465 e. The van der Waals surface area contributed by atoms with E-state index in [0.29, 0.717) is 30.8 Å². The number of para-hydroxylation sites is 1. The molecule has 0 atom stereocenters. The highest BCUT2D eigenvalue weighted by atomic mass is 16.5. The Morgan fingerprint density at radius 1 is 1.16 bits per heavy atom. The molecule has 0 aliphatic heterocycles. The van der Waals surface area contributed by atoms with Crippen LogP contribution in [0.5, 0.6) is 0 Å². The third-order valence-electron chi connectivity index (χ3n) is 3.28. The molecule has 0 saturated heterocycles. The number of aromatic nitrogens is 2. The molecule has 0 saturated carbocycles. The summed E-state index contributed by atoms with van der Waals surface area (Å²) in [6, 6.07) is 8.33. The molecule has 0 bridgehead atoms. The summed E-state index contributed by atoms with van der Waals surface area (Å²) in [5.41, 5.74) is 1.07. The van der Waals surface area contributed by atoms with Crippen molar-refractivity contribution in [3.63, 3.8) is 0 Å². The van der Waals surface area contributed by atoms with Crippen molar-refractivity contribution < 1.29 is 19.1 Å². The number of nitrogens with one attached hydrogen (secondary N) is 2. The van der Waals surface area contributed by atoms with E-state index in [2.05, 4.69) is 20.6 Å². The lowest BCUT2D eigenvalue weighted by molar-refractivity contribution is 0.0601. The van der Waals surface area contributed by atoms with Crippen LogP contribution >= 0.6 is 0 Å². The lowest BCUT2D eigenvalue weighted by Crippen LogP contribution is -2.26. The third-order valence-corrected chi connectivity index (χ3v) is 3.28. The van der Waals surface area contributed by atoms with Crippen molar-refractivity contribution in [1.82, 2.24) is 15.3 Å². The predicted molar refractivity (Wildman–Crippen MR) is 91.9 cm³/mol. The summed E-state index contributed by atoms with van der Waals surface area (Å²) in [6.45, 7) is 1.06. The van der Waals surface area contributed by atoms with Crippen LogP contribution in [0.25, 0.3) is 0 Å². The lowest BCUT2D eigenvalue weighted by Gasteiger charge is -2.10. The number of anilines is 2. The number of carbonyl (C=O) groups is 2. The van der Waals surface area contributed by atoms with Gasteiger partial charge in [-0.2, -0.15) is 0 Å². The topological polar surface area (TPSA) is 102 Å². The molecule has 8 heteroatoms. The molecular formula is C17H20N4O4. The fraction of sp³-hybridized carbons (Fsp3) is 0.294. The quantitative estimate of drug-likeness (QED) is 0.556. The number of benzene rings is 1. The molecule has 1 aromatic carbocycles. The molecule has 0 unspecified atom stereocenters. The van der Waals surface area contributed by atoms with Gasteiger partial charge in [-0.3, -0.25) is 4.79 Å². The van der Waals surface area contributed by atoms with Crippen molar-refractivity contribution >= 4 is 23.5 Å². The number of esters is 1. The molecule has 1 heterocycles. The maximum absolute atomic E-state index is 12.1. The first-order valence-electron chi connectivity index (χ1n) is 7.70. The van der Waals surface area contributed by atoms with Gasteiger partial charge >= 0.3 is 5.97 Å². The van der Waals surface area contributed by atoms with Gasteiger partial charge in [-0.05, 0) is 24.6 Å². The van der Waals surface area contributed by atoms with E-state index in [0.717, 1.165) is 0 Å². The molecule has 1 aromatic heterocycles. The fourth-order valence-corrected chi connectivity index (χ4v) is 2.05. The third kappa shape index (κ3) is 5.25. The number of hydrogen-bond donors (Lipinski definition) is 2. The molecule has 0 radical (unpaired) electrons.